The molecule has 2 atom stereocenters. The number of hydrogen-bond acceptors (Lipinski definition) is 1. The Morgan fingerprint density at radius 2 is 1.80 bits per heavy atom. The van der Waals surface area contributed by atoms with Crippen LogP contribution >= 0.6 is 0 Å². The molecule has 114 valence electrons. The topological polar surface area (TPSA) is 12.0 Å². The highest BCUT2D eigenvalue weighted by Gasteiger charge is 2.27. The maximum Gasteiger partial charge on any atom is 0.133 e. The summed E-state index contributed by atoms with van der Waals surface area (Å²) in [6.45, 7) is 12.9. The van der Waals surface area contributed by atoms with Crippen LogP contribution in [0.3, 0.4) is 0 Å². The first kappa shape index (κ1) is 17.1. The van der Waals surface area contributed by atoms with Crippen molar-refractivity contribution < 1.29 is 8.78 Å². The van der Waals surface area contributed by atoms with E-state index in [1.807, 2.05) is 6.92 Å². The second-order valence-corrected chi connectivity index (χ2v) is 6.70. The van der Waals surface area contributed by atoms with Gasteiger partial charge < -0.3 is 5.32 Å². The summed E-state index contributed by atoms with van der Waals surface area (Å²) in [5.74, 6) is -0.525. The molecule has 1 rings (SSSR count). The van der Waals surface area contributed by atoms with Gasteiger partial charge in [-0.25, -0.2) is 8.78 Å². The third-order valence-electron chi connectivity index (χ3n) is 4.19. The van der Waals surface area contributed by atoms with Crippen molar-refractivity contribution in [3.63, 3.8) is 0 Å². The highest BCUT2D eigenvalue weighted by Crippen LogP contribution is 2.35. The standard InChI is InChI=1S/C17H27F2N/c1-7-20-14(10-12(3)17(4,5)6)15-13(18)9-8-11(2)16(15)19/h8-9,12,14,20H,7,10H2,1-6H3. The van der Waals surface area contributed by atoms with Crippen molar-refractivity contribution in [1.82, 2.24) is 5.32 Å². The molecule has 1 nitrogen and oxygen atoms in total. The number of benzene rings is 1. The fourth-order valence-electron chi connectivity index (χ4n) is 2.25. The molecule has 1 N–H and O–H groups in total. The molecule has 0 aliphatic rings. The molecule has 0 amide bonds. The zero-order chi connectivity index (χ0) is 15.5. The van der Waals surface area contributed by atoms with Crippen molar-refractivity contribution in [3.8, 4) is 0 Å². The molecule has 0 aromatic heterocycles. The molecule has 1 aromatic rings. The largest absolute Gasteiger partial charge is 0.310 e. The van der Waals surface area contributed by atoms with Crippen molar-refractivity contribution in [2.45, 2.75) is 54.0 Å². The summed E-state index contributed by atoms with van der Waals surface area (Å²) in [4.78, 5) is 0. The normalized spacial score (nSPS) is 15.2. The van der Waals surface area contributed by atoms with Gasteiger partial charge in [-0.1, -0.05) is 40.7 Å². The lowest BCUT2D eigenvalue weighted by atomic mass is 9.77. The van der Waals surface area contributed by atoms with Crippen LogP contribution in [0.5, 0.6) is 0 Å². The van der Waals surface area contributed by atoms with Crippen molar-refractivity contribution >= 4 is 0 Å². The van der Waals surface area contributed by atoms with Crippen molar-refractivity contribution in [3.05, 3.63) is 34.9 Å². The Kier molecular flexibility index (Phi) is 5.69. The lowest BCUT2D eigenvalue weighted by Gasteiger charge is -2.31. The second-order valence-electron chi connectivity index (χ2n) is 6.70. The van der Waals surface area contributed by atoms with Gasteiger partial charge in [0, 0.05) is 11.6 Å². The molecule has 2 unspecified atom stereocenters. The minimum atomic E-state index is -0.458. The SMILES string of the molecule is CCNC(CC(C)C(C)(C)C)c1c(F)ccc(C)c1F. The molecule has 0 heterocycles. The molecule has 1 aromatic carbocycles. The Bertz CT molecular complexity index is 449. The van der Waals surface area contributed by atoms with E-state index >= 15 is 0 Å². The van der Waals surface area contributed by atoms with Gasteiger partial charge in [0.1, 0.15) is 11.6 Å². The molecular weight excluding hydrogens is 256 g/mol. The molecule has 0 bridgehead atoms. The van der Waals surface area contributed by atoms with Gasteiger partial charge in [0.05, 0.1) is 0 Å². The van der Waals surface area contributed by atoms with E-state index in [0.717, 1.165) is 0 Å². The average Bonchev–Trinajstić information content (AvgIpc) is 2.33. The molecule has 0 fully saturated rings. The zero-order valence-electron chi connectivity index (χ0n) is 13.5. The van der Waals surface area contributed by atoms with Crippen molar-refractivity contribution in [2.24, 2.45) is 11.3 Å². The zero-order valence-corrected chi connectivity index (χ0v) is 13.5. The van der Waals surface area contributed by atoms with Gasteiger partial charge in [0.2, 0.25) is 0 Å². The first-order valence-electron chi connectivity index (χ1n) is 7.36. The monoisotopic (exact) mass is 283 g/mol. The Balaban J connectivity index is 3.12. The van der Waals surface area contributed by atoms with E-state index in [2.05, 4.69) is 33.0 Å². The maximum absolute atomic E-state index is 14.3. The van der Waals surface area contributed by atoms with E-state index in [0.29, 0.717) is 24.4 Å². The van der Waals surface area contributed by atoms with Crippen molar-refractivity contribution in [1.29, 1.82) is 0 Å². The summed E-state index contributed by atoms with van der Waals surface area (Å²) in [7, 11) is 0. The molecule has 0 saturated heterocycles. The van der Waals surface area contributed by atoms with Crippen LogP contribution < -0.4 is 5.32 Å². The Morgan fingerprint density at radius 1 is 1.20 bits per heavy atom. The summed E-state index contributed by atoms with van der Waals surface area (Å²) in [6, 6.07) is 2.57. The van der Waals surface area contributed by atoms with Gasteiger partial charge in [0.25, 0.3) is 0 Å². The number of rotatable bonds is 5. The molecule has 0 saturated carbocycles. The molecule has 0 aliphatic carbocycles. The fourth-order valence-corrected chi connectivity index (χ4v) is 2.25. The Morgan fingerprint density at radius 3 is 2.30 bits per heavy atom. The number of aryl methyl sites for hydroxylation is 1. The van der Waals surface area contributed by atoms with Crippen LogP contribution in [0.15, 0.2) is 12.1 Å². The van der Waals surface area contributed by atoms with E-state index in [4.69, 9.17) is 0 Å². The van der Waals surface area contributed by atoms with Gasteiger partial charge in [0.15, 0.2) is 0 Å². The van der Waals surface area contributed by atoms with Crippen LogP contribution in [0.4, 0.5) is 8.78 Å². The van der Waals surface area contributed by atoms with Crippen LogP contribution in [-0.2, 0) is 0 Å². The van der Waals surface area contributed by atoms with E-state index in [1.165, 1.54) is 12.1 Å². The van der Waals surface area contributed by atoms with Crippen molar-refractivity contribution in [2.75, 3.05) is 6.54 Å². The minimum absolute atomic E-state index is 0.116. The van der Waals surface area contributed by atoms with Crippen LogP contribution in [0, 0.1) is 29.9 Å². The van der Waals surface area contributed by atoms with Crippen LogP contribution in [0.25, 0.3) is 0 Å². The van der Waals surface area contributed by atoms with Gasteiger partial charge in [-0.15, -0.1) is 0 Å². The third-order valence-corrected chi connectivity index (χ3v) is 4.19. The van der Waals surface area contributed by atoms with Gasteiger partial charge in [-0.2, -0.15) is 0 Å². The summed E-state index contributed by atoms with van der Waals surface area (Å²) in [6.07, 6.45) is 0.717. The number of hydrogen-bond donors (Lipinski definition) is 1. The first-order chi connectivity index (χ1) is 9.18. The van der Waals surface area contributed by atoms with Crippen LogP contribution in [0.2, 0.25) is 0 Å². The number of halogens is 2. The van der Waals surface area contributed by atoms with E-state index in [-0.39, 0.29) is 17.0 Å². The lowest BCUT2D eigenvalue weighted by Crippen LogP contribution is -2.29. The predicted molar refractivity (Wildman–Crippen MR) is 80.7 cm³/mol. The molecule has 0 aliphatic heterocycles. The summed E-state index contributed by atoms with van der Waals surface area (Å²) >= 11 is 0. The lowest BCUT2D eigenvalue weighted by molar-refractivity contribution is 0.221. The fraction of sp³-hybridized carbons (Fsp3) is 0.647. The highest BCUT2D eigenvalue weighted by molar-refractivity contribution is 5.29. The van der Waals surface area contributed by atoms with E-state index < -0.39 is 11.6 Å². The number of nitrogens with one attached hydrogen (secondary N) is 1. The summed E-state index contributed by atoms with van der Waals surface area (Å²) < 4.78 is 28.4. The Hall–Kier alpha value is -0.960. The van der Waals surface area contributed by atoms with Gasteiger partial charge in [-0.05, 0) is 42.9 Å². The van der Waals surface area contributed by atoms with E-state index in [1.54, 1.807) is 6.92 Å². The van der Waals surface area contributed by atoms with Gasteiger partial charge >= 0.3 is 0 Å². The quantitative estimate of drug-likeness (QED) is 0.802. The minimum Gasteiger partial charge on any atom is -0.310 e. The predicted octanol–water partition coefficient (Wildman–Crippen LogP) is 5.00. The van der Waals surface area contributed by atoms with E-state index in [9.17, 15) is 8.78 Å². The molecule has 0 spiro atoms. The second kappa shape index (κ2) is 6.66. The average molecular weight is 283 g/mol. The molecule has 0 radical (unpaired) electrons. The van der Waals surface area contributed by atoms with Crippen LogP contribution in [-0.4, -0.2) is 6.54 Å². The smallest absolute Gasteiger partial charge is 0.133 e. The molecule has 3 heteroatoms. The summed E-state index contributed by atoms with van der Waals surface area (Å²) in [5, 5.41) is 3.23. The molecule has 20 heavy (non-hydrogen) atoms. The van der Waals surface area contributed by atoms with Gasteiger partial charge in [-0.3, -0.25) is 0 Å². The summed E-state index contributed by atoms with van der Waals surface area (Å²) in [5.41, 5.74) is 0.792. The van der Waals surface area contributed by atoms with Crippen LogP contribution in [0.1, 0.15) is 58.2 Å². The maximum atomic E-state index is 14.3. The Labute approximate surface area is 121 Å². The highest BCUT2D eigenvalue weighted by atomic mass is 19.1. The molecular formula is C17H27F2N. The third kappa shape index (κ3) is 4.02. The first-order valence-corrected chi connectivity index (χ1v) is 7.36.